The van der Waals surface area contributed by atoms with Crippen LogP contribution in [-0.4, -0.2) is 38.6 Å². The summed E-state index contributed by atoms with van der Waals surface area (Å²) in [5, 5.41) is 18.5. The van der Waals surface area contributed by atoms with Crippen molar-refractivity contribution in [1.82, 2.24) is 9.55 Å². The zero-order chi connectivity index (χ0) is 12.6. The zero-order valence-corrected chi connectivity index (χ0v) is 8.67. The SMILES string of the molecule is O=c1[nH]c(=O)n([C@@H]2O[C@H](CO)C[C@H]2O)cc1F. The van der Waals surface area contributed by atoms with Gasteiger partial charge in [-0.1, -0.05) is 0 Å². The minimum atomic E-state index is -1.15. The fourth-order valence-corrected chi connectivity index (χ4v) is 1.75. The molecule has 0 aliphatic carbocycles. The maximum Gasteiger partial charge on any atom is 0.330 e. The van der Waals surface area contributed by atoms with E-state index in [-0.39, 0.29) is 13.0 Å². The number of hydrogen-bond acceptors (Lipinski definition) is 5. The van der Waals surface area contributed by atoms with Crippen molar-refractivity contribution in [1.29, 1.82) is 0 Å². The fraction of sp³-hybridized carbons (Fsp3) is 0.556. The molecule has 1 saturated heterocycles. The largest absolute Gasteiger partial charge is 0.394 e. The van der Waals surface area contributed by atoms with Gasteiger partial charge in [-0.25, -0.2) is 4.79 Å². The number of aliphatic hydroxyl groups excluding tert-OH is 2. The number of aromatic nitrogens is 2. The molecule has 7 nitrogen and oxygen atoms in total. The lowest BCUT2D eigenvalue weighted by Crippen LogP contribution is -2.36. The first kappa shape index (κ1) is 12.0. The first-order chi connectivity index (χ1) is 8.02. The number of nitrogens with one attached hydrogen (secondary N) is 1. The van der Waals surface area contributed by atoms with Crippen LogP contribution in [0.4, 0.5) is 4.39 Å². The van der Waals surface area contributed by atoms with Crippen LogP contribution in [0.5, 0.6) is 0 Å². The molecule has 0 unspecified atom stereocenters. The summed E-state index contributed by atoms with van der Waals surface area (Å²) in [7, 11) is 0. The van der Waals surface area contributed by atoms with Gasteiger partial charge in [0.15, 0.2) is 6.23 Å². The quantitative estimate of drug-likeness (QED) is 0.578. The van der Waals surface area contributed by atoms with E-state index in [2.05, 4.69) is 0 Å². The summed E-state index contributed by atoms with van der Waals surface area (Å²) in [5.41, 5.74) is -2.00. The third-order valence-corrected chi connectivity index (χ3v) is 2.57. The average Bonchev–Trinajstić information content (AvgIpc) is 2.65. The summed E-state index contributed by atoms with van der Waals surface area (Å²) in [4.78, 5) is 24.0. The van der Waals surface area contributed by atoms with Crippen LogP contribution in [0, 0.1) is 5.82 Å². The highest BCUT2D eigenvalue weighted by Crippen LogP contribution is 2.27. The molecule has 0 spiro atoms. The normalized spacial score (nSPS) is 28.5. The van der Waals surface area contributed by atoms with Crippen molar-refractivity contribution >= 4 is 0 Å². The molecule has 1 aromatic rings. The predicted octanol–water partition coefficient (Wildman–Crippen LogP) is -1.68. The standard InChI is InChI=1S/C9H11FN2O5/c10-5-2-12(9(16)11-7(5)15)8-6(14)1-4(3-13)17-8/h2,4,6,8,13-14H,1,3H2,(H,11,15,16)/t4-,6+,8+/m0/s1. The van der Waals surface area contributed by atoms with Crippen molar-refractivity contribution in [2.24, 2.45) is 0 Å². The van der Waals surface area contributed by atoms with Crippen LogP contribution < -0.4 is 11.2 Å². The van der Waals surface area contributed by atoms with Crippen molar-refractivity contribution in [3.05, 3.63) is 32.9 Å². The summed E-state index contributed by atoms with van der Waals surface area (Å²) < 4.78 is 18.9. The highest BCUT2D eigenvalue weighted by atomic mass is 19.1. The Bertz CT molecular complexity index is 525. The molecular weight excluding hydrogens is 235 g/mol. The van der Waals surface area contributed by atoms with Crippen molar-refractivity contribution in [2.75, 3.05) is 6.61 Å². The molecule has 2 heterocycles. The van der Waals surface area contributed by atoms with E-state index in [9.17, 15) is 19.1 Å². The summed E-state index contributed by atoms with van der Waals surface area (Å²) in [6.07, 6.45) is -1.96. The number of rotatable bonds is 2. The molecule has 0 radical (unpaired) electrons. The second kappa shape index (κ2) is 4.40. The molecule has 1 fully saturated rings. The highest BCUT2D eigenvalue weighted by Gasteiger charge is 2.35. The number of H-pyrrole nitrogens is 1. The number of nitrogens with zero attached hydrogens (tertiary/aromatic N) is 1. The number of ether oxygens (including phenoxy) is 1. The average molecular weight is 246 g/mol. The third-order valence-electron chi connectivity index (χ3n) is 2.57. The van der Waals surface area contributed by atoms with Gasteiger partial charge < -0.3 is 14.9 Å². The summed E-state index contributed by atoms with van der Waals surface area (Å²) in [5.74, 6) is -1.15. The Morgan fingerprint density at radius 2 is 2.29 bits per heavy atom. The smallest absolute Gasteiger partial charge is 0.330 e. The Morgan fingerprint density at radius 3 is 2.88 bits per heavy atom. The maximum atomic E-state index is 13.0. The Kier molecular flexibility index (Phi) is 3.09. The van der Waals surface area contributed by atoms with E-state index in [1.54, 1.807) is 4.98 Å². The lowest BCUT2D eigenvalue weighted by Gasteiger charge is -2.16. The predicted molar refractivity (Wildman–Crippen MR) is 52.9 cm³/mol. The van der Waals surface area contributed by atoms with E-state index >= 15 is 0 Å². The number of aromatic amines is 1. The molecule has 17 heavy (non-hydrogen) atoms. The second-order valence-corrected chi connectivity index (χ2v) is 3.78. The Balaban J connectivity index is 2.38. The van der Waals surface area contributed by atoms with Gasteiger partial charge in [0, 0.05) is 6.42 Å². The molecule has 0 bridgehead atoms. The Hall–Kier alpha value is -1.51. The monoisotopic (exact) mass is 246 g/mol. The lowest BCUT2D eigenvalue weighted by molar-refractivity contribution is -0.0535. The van der Waals surface area contributed by atoms with Crippen molar-refractivity contribution in [2.45, 2.75) is 24.9 Å². The van der Waals surface area contributed by atoms with Gasteiger partial charge in [0.25, 0.3) is 5.56 Å². The van der Waals surface area contributed by atoms with Crippen LogP contribution in [0.15, 0.2) is 15.8 Å². The molecule has 3 atom stereocenters. The van der Waals surface area contributed by atoms with Gasteiger partial charge in [0.1, 0.15) is 6.10 Å². The number of aliphatic hydroxyl groups is 2. The molecule has 0 aromatic carbocycles. The maximum absolute atomic E-state index is 13.0. The van der Waals surface area contributed by atoms with E-state index < -0.39 is 35.5 Å². The molecular formula is C9H11FN2O5. The summed E-state index contributed by atoms with van der Waals surface area (Å²) in [6, 6.07) is 0. The Morgan fingerprint density at radius 1 is 1.59 bits per heavy atom. The lowest BCUT2D eigenvalue weighted by atomic mass is 10.2. The summed E-state index contributed by atoms with van der Waals surface area (Å²) in [6.45, 7) is -0.311. The Labute approximate surface area is 94.1 Å². The molecule has 1 aromatic heterocycles. The number of halogens is 1. The van der Waals surface area contributed by atoms with Gasteiger partial charge in [-0.3, -0.25) is 14.3 Å². The molecule has 2 rings (SSSR count). The minimum absolute atomic E-state index is 0.133. The molecule has 94 valence electrons. The van der Waals surface area contributed by atoms with Gasteiger partial charge in [0.2, 0.25) is 5.82 Å². The van der Waals surface area contributed by atoms with Crippen LogP contribution >= 0.6 is 0 Å². The topological polar surface area (TPSA) is 105 Å². The molecule has 0 amide bonds. The molecule has 3 N–H and O–H groups in total. The molecule has 1 aliphatic heterocycles. The minimum Gasteiger partial charge on any atom is -0.394 e. The van der Waals surface area contributed by atoms with Crippen molar-refractivity contribution in [3.63, 3.8) is 0 Å². The zero-order valence-electron chi connectivity index (χ0n) is 8.67. The van der Waals surface area contributed by atoms with Crippen LogP contribution in [-0.2, 0) is 4.74 Å². The van der Waals surface area contributed by atoms with E-state index in [1.165, 1.54) is 0 Å². The fourth-order valence-electron chi connectivity index (χ4n) is 1.75. The highest BCUT2D eigenvalue weighted by molar-refractivity contribution is 4.91. The van der Waals surface area contributed by atoms with Gasteiger partial charge in [-0.15, -0.1) is 0 Å². The van der Waals surface area contributed by atoms with E-state index in [0.29, 0.717) is 6.20 Å². The van der Waals surface area contributed by atoms with Gasteiger partial charge in [-0.05, 0) is 0 Å². The van der Waals surface area contributed by atoms with E-state index in [0.717, 1.165) is 4.57 Å². The van der Waals surface area contributed by atoms with Crippen molar-refractivity contribution in [3.8, 4) is 0 Å². The second-order valence-electron chi connectivity index (χ2n) is 3.78. The van der Waals surface area contributed by atoms with Crippen LogP contribution in [0.1, 0.15) is 12.6 Å². The first-order valence-corrected chi connectivity index (χ1v) is 4.98. The number of hydrogen-bond donors (Lipinski definition) is 3. The summed E-state index contributed by atoms with van der Waals surface area (Å²) >= 11 is 0. The molecule has 1 aliphatic rings. The first-order valence-electron chi connectivity index (χ1n) is 4.98. The van der Waals surface area contributed by atoms with Gasteiger partial charge >= 0.3 is 5.69 Å². The van der Waals surface area contributed by atoms with E-state index in [4.69, 9.17) is 9.84 Å². The molecule has 0 saturated carbocycles. The van der Waals surface area contributed by atoms with Gasteiger partial charge in [0.05, 0.1) is 18.9 Å². The van der Waals surface area contributed by atoms with Crippen LogP contribution in [0.2, 0.25) is 0 Å². The third kappa shape index (κ3) is 2.14. The van der Waals surface area contributed by atoms with Gasteiger partial charge in [-0.2, -0.15) is 4.39 Å². The van der Waals surface area contributed by atoms with Crippen LogP contribution in [0.25, 0.3) is 0 Å². The molecule has 8 heteroatoms. The van der Waals surface area contributed by atoms with Crippen molar-refractivity contribution < 1.29 is 19.3 Å². The van der Waals surface area contributed by atoms with Crippen LogP contribution in [0.3, 0.4) is 0 Å². The van der Waals surface area contributed by atoms with E-state index in [1.807, 2.05) is 0 Å².